The third-order valence-corrected chi connectivity index (χ3v) is 7.68. The van der Waals surface area contributed by atoms with Crippen LogP contribution >= 0.6 is 0 Å². The van der Waals surface area contributed by atoms with Crippen LogP contribution in [0.15, 0.2) is 126 Å². The van der Waals surface area contributed by atoms with Gasteiger partial charge in [0.1, 0.15) is 5.82 Å². The maximum Gasteiger partial charge on any atom is 0.264 e. The fourth-order valence-corrected chi connectivity index (χ4v) is 5.29. The van der Waals surface area contributed by atoms with Crippen molar-refractivity contribution in [3.05, 3.63) is 143 Å². The van der Waals surface area contributed by atoms with Crippen LogP contribution in [0.2, 0.25) is 0 Å². The Bertz CT molecular complexity index is 1420. The molecule has 5 nitrogen and oxygen atoms in total. The zero-order valence-corrected chi connectivity index (χ0v) is 21.3. The summed E-state index contributed by atoms with van der Waals surface area (Å²) >= 11 is 0. The summed E-state index contributed by atoms with van der Waals surface area (Å²) in [6, 6.07) is 30.8. The maximum absolute atomic E-state index is 13.8. The Labute approximate surface area is 217 Å². The Balaban J connectivity index is 1.80. The SMILES string of the molecule is Cc1ccc(S(=O)(=O)N(/C=C(/CO)[C@@H](Nc2ccccc2)c2ccccc2)Cc2ccc(F)cc2)cc1. The van der Waals surface area contributed by atoms with E-state index in [1.807, 2.05) is 67.6 Å². The number of benzene rings is 4. The Hall–Kier alpha value is -3.94. The standard InChI is InChI=1S/C30H29FN2O3S/c1-23-12-18-29(19-13-23)37(35,36)33(20-24-14-16-27(31)17-15-24)21-26(22-34)30(25-8-4-2-5-9-25)32-28-10-6-3-7-11-28/h2-19,21,30,32,34H,20,22H2,1H3/b26-21-/t30-/m0/s1. The first kappa shape index (κ1) is 26.1. The van der Waals surface area contributed by atoms with Crippen LogP contribution in [0.5, 0.6) is 0 Å². The molecule has 0 aliphatic rings. The van der Waals surface area contributed by atoms with Crippen LogP contribution in [0, 0.1) is 12.7 Å². The first-order valence-electron chi connectivity index (χ1n) is 11.9. The predicted octanol–water partition coefficient (Wildman–Crippen LogP) is 6.05. The molecule has 0 heterocycles. The summed E-state index contributed by atoms with van der Waals surface area (Å²) in [5, 5.41) is 13.9. The maximum atomic E-state index is 13.8. The van der Waals surface area contributed by atoms with Crippen LogP contribution < -0.4 is 5.32 Å². The Morgan fingerprint density at radius 1 is 0.892 bits per heavy atom. The second-order valence-electron chi connectivity index (χ2n) is 8.71. The number of aryl methyl sites for hydroxylation is 1. The average Bonchev–Trinajstić information content (AvgIpc) is 2.92. The van der Waals surface area contributed by atoms with Crippen molar-refractivity contribution >= 4 is 15.7 Å². The van der Waals surface area contributed by atoms with Crippen LogP contribution in [0.25, 0.3) is 0 Å². The van der Waals surface area contributed by atoms with E-state index < -0.39 is 21.9 Å². The highest BCUT2D eigenvalue weighted by molar-refractivity contribution is 7.89. The third-order valence-electron chi connectivity index (χ3n) is 5.96. The fraction of sp³-hybridized carbons (Fsp3) is 0.133. The third kappa shape index (κ3) is 6.64. The summed E-state index contributed by atoms with van der Waals surface area (Å²) in [6.45, 7) is 1.46. The number of para-hydroxylation sites is 1. The predicted molar refractivity (Wildman–Crippen MR) is 145 cm³/mol. The van der Waals surface area contributed by atoms with Crippen molar-refractivity contribution in [2.75, 3.05) is 11.9 Å². The number of hydrogen-bond acceptors (Lipinski definition) is 4. The Morgan fingerprint density at radius 3 is 2.08 bits per heavy atom. The fourth-order valence-electron chi connectivity index (χ4n) is 3.94. The van der Waals surface area contributed by atoms with Gasteiger partial charge in [0.05, 0.1) is 24.1 Å². The molecule has 0 amide bonds. The number of halogens is 1. The first-order valence-corrected chi connectivity index (χ1v) is 13.3. The molecule has 0 aliphatic carbocycles. The normalized spacial score (nSPS) is 12.7. The van der Waals surface area contributed by atoms with E-state index in [1.165, 1.54) is 22.6 Å². The summed E-state index contributed by atoms with van der Waals surface area (Å²) in [4.78, 5) is 0.126. The van der Waals surface area contributed by atoms with Crippen LogP contribution in [0.4, 0.5) is 10.1 Å². The highest BCUT2D eigenvalue weighted by Crippen LogP contribution is 2.29. The van der Waals surface area contributed by atoms with E-state index in [2.05, 4.69) is 5.32 Å². The number of aliphatic hydroxyl groups is 1. The van der Waals surface area contributed by atoms with Crippen molar-refractivity contribution in [1.82, 2.24) is 4.31 Å². The molecule has 4 aromatic rings. The molecule has 0 bridgehead atoms. The van der Waals surface area contributed by atoms with Crippen molar-refractivity contribution in [3.63, 3.8) is 0 Å². The molecule has 0 saturated carbocycles. The molecule has 0 saturated heterocycles. The van der Waals surface area contributed by atoms with Gasteiger partial charge < -0.3 is 10.4 Å². The molecule has 4 rings (SSSR count). The zero-order valence-electron chi connectivity index (χ0n) is 20.5. The summed E-state index contributed by atoms with van der Waals surface area (Å²) < 4.78 is 42.3. The molecule has 1 atom stereocenters. The lowest BCUT2D eigenvalue weighted by atomic mass is 9.99. The molecule has 190 valence electrons. The van der Waals surface area contributed by atoms with Crippen molar-refractivity contribution in [3.8, 4) is 0 Å². The molecule has 0 aromatic heterocycles. The molecule has 7 heteroatoms. The minimum atomic E-state index is -4.00. The van der Waals surface area contributed by atoms with Gasteiger partial charge in [0.25, 0.3) is 10.0 Å². The number of rotatable bonds is 10. The number of sulfonamides is 1. The van der Waals surface area contributed by atoms with Gasteiger partial charge in [-0.1, -0.05) is 78.4 Å². The van der Waals surface area contributed by atoms with Crippen LogP contribution in [-0.4, -0.2) is 24.4 Å². The van der Waals surface area contributed by atoms with Crippen molar-refractivity contribution < 1.29 is 17.9 Å². The molecule has 37 heavy (non-hydrogen) atoms. The molecular formula is C30H29FN2O3S. The highest BCUT2D eigenvalue weighted by atomic mass is 32.2. The van der Waals surface area contributed by atoms with Gasteiger partial charge in [0.2, 0.25) is 0 Å². The summed E-state index contributed by atoms with van der Waals surface area (Å²) in [6.07, 6.45) is 1.48. The quantitative estimate of drug-likeness (QED) is 0.269. The summed E-state index contributed by atoms with van der Waals surface area (Å²) in [5.41, 5.74) is 3.68. The average molecular weight is 517 g/mol. The van der Waals surface area contributed by atoms with Crippen molar-refractivity contribution in [1.29, 1.82) is 0 Å². The number of nitrogens with zero attached hydrogens (tertiary/aromatic N) is 1. The van der Waals surface area contributed by atoms with Crippen LogP contribution in [0.1, 0.15) is 22.7 Å². The molecular weight excluding hydrogens is 487 g/mol. The number of aliphatic hydroxyl groups excluding tert-OH is 1. The molecule has 0 radical (unpaired) electrons. The van der Waals surface area contributed by atoms with Gasteiger partial charge in [-0.05, 0) is 60.0 Å². The largest absolute Gasteiger partial charge is 0.392 e. The molecule has 2 N–H and O–H groups in total. The monoisotopic (exact) mass is 516 g/mol. The van der Waals surface area contributed by atoms with E-state index in [0.717, 1.165) is 16.8 Å². The van der Waals surface area contributed by atoms with Crippen LogP contribution in [0.3, 0.4) is 0 Å². The van der Waals surface area contributed by atoms with Gasteiger partial charge in [-0.25, -0.2) is 12.8 Å². The van der Waals surface area contributed by atoms with Gasteiger partial charge in [-0.3, -0.25) is 4.31 Å². The van der Waals surface area contributed by atoms with Gasteiger partial charge in [0, 0.05) is 11.9 Å². The van der Waals surface area contributed by atoms with Crippen LogP contribution in [-0.2, 0) is 16.6 Å². The van der Waals surface area contributed by atoms with Gasteiger partial charge in [-0.15, -0.1) is 0 Å². The minimum Gasteiger partial charge on any atom is -0.392 e. The van der Waals surface area contributed by atoms with Gasteiger partial charge in [-0.2, -0.15) is 0 Å². The second-order valence-corrected chi connectivity index (χ2v) is 10.6. The van der Waals surface area contributed by atoms with Gasteiger partial charge >= 0.3 is 0 Å². The van der Waals surface area contributed by atoms with E-state index >= 15 is 0 Å². The number of hydrogen-bond donors (Lipinski definition) is 2. The molecule has 0 unspecified atom stereocenters. The zero-order chi connectivity index (χ0) is 26.3. The smallest absolute Gasteiger partial charge is 0.264 e. The summed E-state index contributed by atoms with van der Waals surface area (Å²) in [7, 11) is -4.00. The van der Waals surface area contributed by atoms with E-state index in [0.29, 0.717) is 11.1 Å². The number of nitrogens with one attached hydrogen (secondary N) is 1. The van der Waals surface area contributed by atoms with E-state index in [1.54, 1.807) is 36.4 Å². The lowest BCUT2D eigenvalue weighted by Gasteiger charge is -2.27. The summed E-state index contributed by atoms with van der Waals surface area (Å²) in [5.74, 6) is -0.403. The molecule has 0 fully saturated rings. The lowest BCUT2D eigenvalue weighted by Crippen LogP contribution is -2.28. The first-order chi connectivity index (χ1) is 17.9. The van der Waals surface area contributed by atoms with Crippen molar-refractivity contribution in [2.45, 2.75) is 24.4 Å². The lowest BCUT2D eigenvalue weighted by molar-refractivity contribution is 0.321. The van der Waals surface area contributed by atoms with E-state index in [4.69, 9.17) is 0 Å². The second kappa shape index (κ2) is 11.9. The molecule has 0 aliphatic heterocycles. The Kier molecular flexibility index (Phi) is 8.38. The van der Waals surface area contributed by atoms with Gasteiger partial charge in [0.15, 0.2) is 0 Å². The van der Waals surface area contributed by atoms with E-state index in [-0.39, 0.29) is 18.0 Å². The van der Waals surface area contributed by atoms with E-state index in [9.17, 15) is 17.9 Å². The van der Waals surface area contributed by atoms with Crippen molar-refractivity contribution in [2.24, 2.45) is 0 Å². The molecule has 0 spiro atoms. The minimum absolute atomic E-state index is 0.0349. The topological polar surface area (TPSA) is 69.6 Å². The highest BCUT2D eigenvalue weighted by Gasteiger charge is 2.25. The molecule has 4 aromatic carbocycles. The number of anilines is 1. The Morgan fingerprint density at radius 2 is 1.49 bits per heavy atom.